The molecule has 2 unspecified atom stereocenters. The van der Waals surface area contributed by atoms with Crippen molar-refractivity contribution in [2.45, 2.75) is 71.9 Å². The van der Waals surface area contributed by atoms with E-state index in [9.17, 15) is 14.7 Å². The second-order valence-electron chi connectivity index (χ2n) is 6.88. The number of allylic oxidation sites excluding steroid dienone is 3. The van der Waals surface area contributed by atoms with E-state index >= 15 is 0 Å². The third-order valence-electron chi connectivity index (χ3n) is 3.74. The van der Waals surface area contributed by atoms with Crippen LogP contribution in [0.5, 0.6) is 0 Å². The smallest absolute Gasteiger partial charge is 0.328 e. The van der Waals surface area contributed by atoms with E-state index in [1.54, 1.807) is 26.0 Å². The predicted octanol–water partition coefficient (Wildman–Crippen LogP) is 3.29. The van der Waals surface area contributed by atoms with Crippen LogP contribution in [0.25, 0.3) is 0 Å². The zero-order valence-electron chi connectivity index (χ0n) is 15.4. The molecule has 5 nitrogen and oxygen atoms in total. The monoisotopic (exact) mass is 339 g/mol. The second kappa shape index (κ2) is 12.8. The Morgan fingerprint density at radius 1 is 1.04 bits per heavy atom. The molecule has 138 valence electrons. The Bertz CT molecular complexity index is 427. The number of unbranched alkanes of at least 4 members (excludes halogenated alkanes) is 3. The highest BCUT2D eigenvalue weighted by Gasteiger charge is 2.29. The van der Waals surface area contributed by atoms with Gasteiger partial charge in [0, 0.05) is 6.08 Å². The summed E-state index contributed by atoms with van der Waals surface area (Å²) in [4.78, 5) is 22.8. The molecular formula is C19H33NO4. The van der Waals surface area contributed by atoms with Gasteiger partial charge in [0.15, 0.2) is 6.04 Å². The first-order valence-electron chi connectivity index (χ1n) is 8.80. The van der Waals surface area contributed by atoms with Crippen LogP contribution >= 0.6 is 0 Å². The Hall–Kier alpha value is -1.62. The number of aliphatic hydroxyl groups excluding tert-OH is 1. The molecule has 0 saturated carbocycles. The number of amides is 1. The van der Waals surface area contributed by atoms with Gasteiger partial charge in [-0.05, 0) is 24.7 Å². The summed E-state index contributed by atoms with van der Waals surface area (Å²) in [5.41, 5.74) is 0. The van der Waals surface area contributed by atoms with Gasteiger partial charge in [-0.1, -0.05) is 65.2 Å². The molecule has 5 heteroatoms. The first-order valence-corrected chi connectivity index (χ1v) is 8.80. The molecule has 0 aromatic carbocycles. The zero-order chi connectivity index (χ0) is 18.5. The van der Waals surface area contributed by atoms with Gasteiger partial charge >= 0.3 is 5.97 Å². The number of carboxylic acid groups (broad SMARTS) is 1. The lowest BCUT2D eigenvalue weighted by Gasteiger charge is -2.22. The fourth-order valence-electron chi connectivity index (χ4n) is 2.19. The van der Waals surface area contributed by atoms with Crippen molar-refractivity contribution in [3.8, 4) is 0 Å². The Labute approximate surface area is 145 Å². The van der Waals surface area contributed by atoms with Crippen LogP contribution in [0.1, 0.15) is 59.8 Å². The van der Waals surface area contributed by atoms with E-state index in [4.69, 9.17) is 5.11 Å². The van der Waals surface area contributed by atoms with Crippen LogP contribution in [0.3, 0.4) is 0 Å². The molecule has 0 spiro atoms. The first-order chi connectivity index (χ1) is 11.3. The number of hydrogen-bond acceptors (Lipinski definition) is 3. The van der Waals surface area contributed by atoms with E-state index < -0.39 is 24.0 Å². The van der Waals surface area contributed by atoms with Crippen LogP contribution in [0.15, 0.2) is 24.3 Å². The van der Waals surface area contributed by atoms with Gasteiger partial charge in [0.05, 0.1) is 6.10 Å². The summed E-state index contributed by atoms with van der Waals surface area (Å²) >= 11 is 0. The fraction of sp³-hybridized carbons (Fsp3) is 0.684. The summed E-state index contributed by atoms with van der Waals surface area (Å²) in [5, 5.41) is 21.2. The summed E-state index contributed by atoms with van der Waals surface area (Å²) in [5.74, 6) is -1.27. The molecule has 0 radical (unpaired) electrons. The SMILES string of the molecule is CC(C)CCCCC/C=C/C=C/C(=O)NC(C(=O)O)C(O)C(C)C. The predicted molar refractivity (Wildman–Crippen MR) is 96.6 cm³/mol. The van der Waals surface area contributed by atoms with Gasteiger partial charge in [0.1, 0.15) is 0 Å². The maximum absolute atomic E-state index is 11.7. The fourth-order valence-corrected chi connectivity index (χ4v) is 2.19. The van der Waals surface area contributed by atoms with Crippen molar-refractivity contribution in [1.82, 2.24) is 5.32 Å². The molecular weight excluding hydrogens is 306 g/mol. The molecule has 2 atom stereocenters. The number of nitrogens with one attached hydrogen (secondary N) is 1. The number of carbonyl (C=O) groups excluding carboxylic acids is 1. The molecule has 0 aliphatic rings. The molecule has 0 rings (SSSR count). The number of hydrogen-bond donors (Lipinski definition) is 3. The summed E-state index contributed by atoms with van der Waals surface area (Å²) in [7, 11) is 0. The van der Waals surface area contributed by atoms with Gasteiger partial charge < -0.3 is 15.5 Å². The highest BCUT2D eigenvalue weighted by atomic mass is 16.4. The normalized spacial score (nSPS) is 14.6. The van der Waals surface area contributed by atoms with E-state index in [0.29, 0.717) is 0 Å². The summed E-state index contributed by atoms with van der Waals surface area (Å²) in [6.07, 6.45) is 11.3. The highest BCUT2D eigenvalue weighted by Crippen LogP contribution is 2.09. The molecule has 0 aliphatic heterocycles. The van der Waals surface area contributed by atoms with E-state index in [1.165, 1.54) is 25.3 Å². The molecule has 0 aromatic heterocycles. The van der Waals surface area contributed by atoms with Crippen molar-refractivity contribution < 1.29 is 19.8 Å². The van der Waals surface area contributed by atoms with Crippen LogP contribution in [-0.2, 0) is 9.59 Å². The maximum Gasteiger partial charge on any atom is 0.328 e. The maximum atomic E-state index is 11.7. The number of aliphatic carboxylic acids is 1. The van der Waals surface area contributed by atoms with Gasteiger partial charge in [-0.3, -0.25) is 4.79 Å². The lowest BCUT2D eigenvalue weighted by Crippen LogP contribution is -2.50. The number of rotatable bonds is 12. The van der Waals surface area contributed by atoms with E-state index in [1.807, 2.05) is 6.08 Å². The van der Waals surface area contributed by atoms with Crippen LogP contribution in [0, 0.1) is 11.8 Å². The highest BCUT2D eigenvalue weighted by molar-refractivity contribution is 5.91. The minimum Gasteiger partial charge on any atom is -0.480 e. The molecule has 0 saturated heterocycles. The quantitative estimate of drug-likeness (QED) is 0.289. The molecule has 0 fully saturated rings. The Kier molecular flexibility index (Phi) is 11.9. The first kappa shape index (κ1) is 22.4. The van der Waals surface area contributed by atoms with E-state index in [0.717, 1.165) is 18.8 Å². The van der Waals surface area contributed by atoms with Crippen LogP contribution in [0.4, 0.5) is 0 Å². The van der Waals surface area contributed by atoms with Gasteiger partial charge in [0.2, 0.25) is 5.91 Å². The largest absolute Gasteiger partial charge is 0.480 e. The average Bonchev–Trinajstić information content (AvgIpc) is 2.49. The van der Waals surface area contributed by atoms with Gasteiger partial charge in [0.25, 0.3) is 0 Å². The van der Waals surface area contributed by atoms with Crippen molar-refractivity contribution in [3.63, 3.8) is 0 Å². The van der Waals surface area contributed by atoms with E-state index in [2.05, 4.69) is 19.2 Å². The Morgan fingerprint density at radius 3 is 2.25 bits per heavy atom. The number of aliphatic hydroxyl groups is 1. The van der Waals surface area contributed by atoms with Crippen LogP contribution in [-0.4, -0.2) is 34.2 Å². The third kappa shape index (κ3) is 11.0. The third-order valence-corrected chi connectivity index (χ3v) is 3.74. The molecule has 3 N–H and O–H groups in total. The van der Waals surface area contributed by atoms with Gasteiger partial charge in [-0.15, -0.1) is 0 Å². The van der Waals surface area contributed by atoms with Crippen molar-refractivity contribution >= 4 is 11.9 Å². The topological polar surface area (TPSA) is 86.6 Å². The lowest BCUT2D eigenvalue weighted by atomic mass is 10.00. The summed E-state index contributed by atoms with van der Waals surface area (Å²) < 4.78 is 0. The molecule has 0 aliphatic carbocycles. The summed E-state index contributed by atoms with van der Waals surface area (Å²) in [6.45, 7) is 7.86. The van der Waals surface area contributed by atoms with Crippen LogP contribution < -0.4 is 5.32 Å². The Balaban J connectivity index is 4.10. The molecule has 1 amide bonds. The summed E-state index contributed by atoms with van der Waals surface area (Å²) in [6, 6.07) is -1.30. The molecule has 0 heterocycles. The van der Waals surface area contributed by atoms with Crippen molar-refractivity contribution in [3.05, 3.63) is 24.3 Å². The standard InChI is InChI=1S/C19H33NO4/c1-14(2)12-10-8-6-5-7-9-11-13-16(21)20-17(19(23)24)18(22)15(3)4/h7,9,11,13-15,17-18,22H,5-6,8,10,12H2,1-4H3,(H,20,21)(H,23,24)/b9-7+,13-11+. The van der Waals surface area contributed by atoms with Crippen LogP contribution in [0.2, 0.25) is 0 Å². The van der Waals surface area contributed by atoms with Crippen molar-refractivity contribution in [2.24, 2.45) is 11.8 Å². The lowest BCUT2D eigenvalue weighted by molar-refractivity contribution is -0.145. The molecule has 24 heavy (non-hydrogen) atoms. The average molecular weight is 339 g/mol. The number of carbonyl (C=O) groups is 2. The second-order valence-corrected chi connectivity index (χ2v) is 6.88. The zero-order valence-corrected chi connectivity index (χ0v) is 15.4. The minimum atomic E-state index is -1.30. The van der Waals surface area contributed by atoms with Crippen molar-refractivity contribution in [1.29, 1.82) is 0 Å². The Morgan fingerprint density at radius 2 is 1.71 bits per heavy atom. The molecule has 0 bridgehead atoms. The van der Waals surface area contributed by atoms with E-state index in [-0.39, 0.29) is 5.92 Å². The number of carboxylic acids is 1. The van der Waals surface area contributed by atoms with Gasteiger partial charge in [-0.2, -0.15) is 0 Å². The molecule has 0 aromatic rings. The minimum absolute atomic E-state index is 0.258. The van der Waals surface area contributed by atoms with Gasteiger partial charge in [-0.25, -0.2) is 4.79 Å². The van der Waals surface area contributed by atoms with Crippen molar-refractivity contribution in [2.75, 3.05) is 0 Å².